The number of nitro groups is 1. The normalized spacial score (nSPS) is 11.3. The average molecular weight is 141 g/mol. The molecule has 1 unspecified atom stereocenters. The Morgan fingerprint density at radius 1 is 1.78 bits per heavy atom. The van der Waals surface area contributed by atoms with Crippen molar-refractivity contribution >= 4 is 5.78 Å². The van der Waals surface area contributed by atoms with Gasteiger partial charge in [0.2, 0.25) is 5.78 Å². The number of hydrogen-bond donors (Lipinski definition) is 0. The first-order valence-electron chi connectivity index (χ1n) is 2.19. The quantitative estimate of drug-likeness (QED) is 0.240. The van der Waals surface area contributed by atoms with Crippen molar-refractivity contribution in [3.05, 3.63) is 10.1 Å². The van der Waals surface area contributed by atoms with E-state index in [1.807, 2.05) is 0 Å². The van der Waals surface area contributed by atoms with Gasteiger partial charge in [0.05, 0.1) is 0 Å². The number of carbonyl (C=O) groups excluding carboxylic acids is 1. The Bertz CT molecular complexity index is 116. The van der Waals surface area contributed by atoms with E-state index in [0.717, 1.165) is 0 Å². The summed E-state index contributed by atoms with van der Waals surface area (Å²) in [6.07, 6.45) is 0. The molecule has 0 radical (unpaired) electrons. The van der Waals surface area contributed by atoms with Gasteiger partial charge in [-0.3, -0.25) is 14.9 Å². The Hall–Kier alpha value is 0.0700. The molecule has 0 aromatic carbocycles. The molecule has 0 aliphatic rings. The van der Waals surface area contributed by atoms with E-state index < -0.39 is 16.7 Å². The molecule has 0 bridgehead atoms. The van der Waals surface area contributed by atoms with Crippen LogP contribution in [-0.4, -0.2) is 16.7 Å². The summed E-state index contributed by atoms with van der Waals surface area (Å²) >= 11 is 0. The SMILES string of the molecule is CC(=O)C(C)[N+](=O)[O-].[H-].[Na+]. The van der Waals surface area contributed by atoms with Crippen LogP contribution in [-0.2, 0) is 4.79 Å². The Labute approximate surface area is 76.5 Å². The fourth-order valence-corrected chi connectivity index (χ4v) is 0.148. The van der Waals surface area contributed by atoms with Crippen LogP contribution in [0.5, 0.6) is 0 Å². The van der Waals surface area contributed by atoms with Crippen LogP contribution in [0.3, 0.4) is 0 Å². The first-order chi connectivity index (χ1) is 3.55. The molecule has 0 rings (SSSR count). The molecule has 0 heterocycles. The van der Waals surface area contributed by atoms with E-state index in [0.29, 0.717) is 0 Å². The summed E-state index contributed by atoms with van der Waals surface area (Å²) in [6, 6.07) is -1.05. The fraction of sp³-hybridized carbons (Fsp3) is 0.750. The molecule has 4 nitrogen and oxygen atoms in total. The second kappa shape index (κ2) is 4.90. The number of Topliss-reactive ketones (excluding diaryl/α,β-unsaturated/α-hetero) is 1. The molecule has 1 atom stereocenters. The maximum absolute atomic E-state index is 10.1. The average Bonchev–Trinajstić information content (AvgIpc) is 1.64. The molecule has 0 aromatic rings. The van der Waals surface area contributed by atoms with Gasteiger partial charge >= 0.3 is 29.6 Å². The van der Waals surface area contributed by atoms with E-state index in [1.54, 1.807) is 0 Å². The van der Waals surface area contributed by atoms with Crippen LogP contribution in [0.1, 0.15) is 15.3 Å². The van der Waals surface area contributed by atoms with Crippen LogP contribution in [0.25, 0.3) is 0 Å². The van der Waals surface area contributed by atoms with Crippen LogP contribution in [0.4, 0.5) is 0 Å². The Morgan fingerprint density at radius 2 is 2.11 bits per heavy atom. The summed E-state index contributed by atoms with van der Waals surface area (Å²) in [5, 5.41) is 9.73. The van der Waals surface area contributed by atoms with Gasteiger partial charge in [0, 0.05) is 18.8 Å². The van der Waals surface area contributed by atoms with Crippen molar-refractivity contribution in [2.45, 2.75) is 19.9 Å². The summed E-state index contributed by atoms with van der Waals surface area (Å²) in [5.41, 5.74) is 0. The van der Waals surface area contributed by atoms with Gasteiger partial charge in [0.1, 0.15) is 0 Å². The van der Waals surface area contributed by atoms with Crippen molar-refractivity contribution in [1.29, 1.82) is 0 Å². The van der Waals surface area contributed by atoms with Crippen LogP contribution < -0.4 is 29.6 Å². The third kappa shape index (κ3) is 4.57. The van der Waals surface area contributed by atoms with Crippen LogP contribution in [0.2, 0.25) is 0 Å². The molecule has 0 saturated carbocycles. The maximum Gasteiger partial charge on any atom is 1.00 e. The molecule has 0 aliphatic carbocycles. The molecule has 0 saturated heterocycles. The van der Waals surface area contributed by atoms with Gasteiger partial charge in [-0.2, -0.15) is 0 Å². The molecule has 0 aliphatic heterocycles. The molecule has 0 aromatic heterocycles. The van der Waals surface area contributed by atoms with Crippen LogP contribution in [0, 0.1) is 10.1 Å². The van der Waals surface area contributed by atoms with Crippen molar-refractivity contribution in [2.75, 3.05) is 0 Å². The molecule has 0 N–H and O–H groups in total. The van der Waals surface area contributed by atoms with Gasteiger partial charge in [-0.05, 0) is 0 Å². The second-order valence-corrected chi connectivity index (χ2v) is 1.57. The van der Waals surface area contributed by atoms with E-state index in [9.17, 15) is 14.9 Å². The largest absolute Gasteiger partial charge is 1.00 e. The van der Waals surface area contributed by atoms with Crippen LogP contribution in [0.15, 0.2) is 0 Å². The first-order valence-corrected chi connectivity index (χ1v) is 2.19. The van der Waals surface area contributed by atoms with E-state index in [2.05, 4.69) is 0 Å². The molecule has 48 valence electrons. The zero-order chi connectivity index (χ0) is 6.73. The minimum absolute atomic E-state index is 0. The van der Waals surface area contributed by atoms with E-state index in [-0.39, 0.29) is 31.0 Å². The van der Waals surface area contributed by atoms with Crippen molar-refractivity contribution < 1.29 is 40.7 Å². The van der Waals surface area contributed by atoms with E-state index >= 15 is 0 Å². The van der Waals surface area contributed by atoms with Crippen molar-refractivity contribution in [3.63, 3.8) is 0 Å². The van der Waals surface area contributed by atoms with E-state index in [4.69, 9.17) is 0 Å². The van der Waals surface area contributed by atoms with Gasteiger partial charge < -0.3 is 1.43 Å². The topological polar surface area (TPSA) is 60.2 Å². The van der Waals surface area contributed by atoms with Crippen LogP contribution >= 0.6 is 0 Å². The summed E-state index contributed by atoms with van der Waals surface area (Å²) in [5.74, 6) is -0.407. The first kappa shape index (κ1) is 11.8. The monoisotopic (exact) mass is 141 g/mol. The molecular weight excluding hydrogens is 133 g/mol. The van der Waals surface area contributed by atoms with E-state index in [1.165, 1.54) is 13.8 Å². The number of ketones is 1. The van der Waals surface area contributed by atoms with Gasteiger partial charge in [-0.1, -0.05) is 0 Å². The Balaban J connectivity index is -0.000000245. The fourth-order valence-electron chi connectivity index (χ4n) is 0.148. The number of rotatable bonds is 2. The Morgan fingerprint density at radius 3 is 2.11 bits per heavy atom. The maximum atomic E-state index is 10.1. The van der Waals surface area contributed by atoms with Gasteiger partial charge in [0.25, 0.3) is 6.04 Å². The zero-order valence-corrected chi connectivity index (χ0v) is 7.75. The molecule has 9 heavy (non-hydrogen) atoms. The minimum Gasteiger partial charge on any atom is -1.00 e. The minimum atomic E-state index is -1.05. The predicted octanol–water partition coefficient (Wildman–Crippen LogP) is -2.64. The van der Waals surface area contributed by atoms with Crippen molar-refractivity contribution in [1.82, 2.24) is 0 Å². The molecule has 0 fully saturated rings. The number of hydrogen-bond acceptors (Lipinski definition) is 3. The summed E-state index contributed by atoms with van der Waals surface area (Å²) in [7, 11) is 0. The molecule has 0 amide bonds. The summed E-state index contributed by atoms with van der Waals surface area (Å²) in [6.45, 7) is 2.47. The predicted molar refractivity (Wildman–Crippen MR) is 28.2 cm³/mol. The molecule has 5 heteroatoms. The van der Waals surface area contributed by atoms with Gasteiger partial charge in [-0.15, -0.1) is 0 Å². The third-order valence-electron chi connectivity index (χ3n) is 0.905. The zero-order valence-electron chi connectivity index (χ0n) is 6.75. The third-order valence-corrected chi connectivity index (χ3v) is 0.905. The summed E-state index contributed by atoms with van der Waals surface area (Å²) < 4.78 is 0. The smallest absolute Gasteiger partial charge is 1.00 e. The Kier molecular flexibility index (Phi) is 6.44. The van der Waals surface area contributed by atoms with Gasteiger partial charge in [-0.25, -0.2) is 0 Å². The van der Waals surface area contributed by atoms with Gasteiger partial charge in [0.15, 0.2) is 0 Å². The number of nitrogens with zero attached hydrogens (tertiary/aromatic N) is 1. The van der Waals surface area contributed by atoms with Crippen molar-refractivity contribution in [3.8, 4) is 0 Å². The standard InChI is InChI=1S/C4H7NO3.Na.H/c1-3(4(2)6)5(7)8;;/h3H,1-2H3;;/q;+1;-1. The van der Waals surface area contributed by atoms with Crippen molar-refractivity contribution in [2.24, 2.45) is 0 Å². The number of carbonyl (C=O) groups is 1. The summed E-state index contributed by atoms with van der Waals surface area (Å²) in [4.78, 5) is 19.3. The molecule has 0 spiro atoms. The molecular formula is C4H8NNaO3. The second-order valence-electron chi connectivity index (χ2n) is 1.57.